The van der Waals surface area contributed by atoms with E-state index in [0.717, 1.165) is 17.0 Å². The van der Waals surface area contributed by atoms with E-state index in [0.29, 0.717) is 11.6 Å². The second-order valence-corrected chi connectivity index (χ2v) is 4.61. The number of carbonyl (C=O) groups is 1. The molecule has 1 aliphatic rings. The summed E-state index contributed by atoms with van der Waals surface area (Å²) in [4.78, 5) is 16.3. The Bertz CT molecular complexity index is 596. The lowest BCUT2D eigenvalue weighted by Crippen LogP contribution is -2.14. The van der Waals surface area contributed by atoms with Crippen molar-refractivity contribution < 1.29 is 4.79 Å². The summed E-state index contributed by atoms with van der Waals surface area (Å²) >= 11 is 0. The van der Waals surface area contributed by atoms with Crippen LogP contribution in [-0.2, 0) is 0 Å². The van der Waals surface area contributed by atoms with Crippen LogP contribution in [0.5, 0.6) is 0 Å². The van der Waals surface area contributed by atoms with Gasteiger partial charge >= 0.3 is 0 Å². The normalized spacial score (nSPS) is 15.4. The fourth-order valence-electron chi connectivity index (χ4n) is 2.25. The quantitative estimate of drug-likeness (QED) is 0.814. The van der Waals surface area contributed by atoms with Gasteiger partial charge in [-0.25, -0.2) is 4.98 Å². The SMILES string of the molecule is Cc1cccc2c(C(=O)CN)nc(C3CC3)n12. The fraction of sp³-hybridized carbons (Fsp3) is 0.385. The molecule has 17 heavy (non-hydrogen) atoms. The van der Waals surface area contributed by atoms with E-state index in [2.05, 4.69) is 9.38 Å². The monoisotopic (exact) mass is 229 g/mol. The standard InChI is InChI=1S/C13H15N3O/c1-8-3-2-4-10-12(11(17)7-14)15-13(16(8)10)9-5-6-9/h2-4,9H,5-7,14H2,1H3. The Morgan fingerprint density at radius 2 is 2.29 bits per heavy atom. The fourth-order valence-corrected chi connectivity index (χ4v) is 2.25. The van der Waals surface area contributed by atoms with Crippen LogP contribution in [0.25, 0.3) is 5.52 Å². The maximum atomic E-state index is 11.8. The van der Waals surface area contributed by atoms with Crippen molar-refractivity contribution in [3.63, 3.8) is 0 Å². The van der Waals surface area contributed by atoms with Crippen LogP contribution in [0.2, 0.25) is 0 Å². The smallest absolute Gasteiger partial charge is 0.196 e. The van der Waals surface area contributed by atoms with Gasteiger partial charge in [-0.3, -0.25) is 9.20 Å². The Morgan fingerprint density at radius 3 is 2.94 bits per heavy atom. The molecule has 1 aliphatic carbocycles. The van der Waals surface area contributed by atoms with Crippen LogP contribution in [0, 0.1) is 6.92 Å². The van der Waals surface area contributed by atoms with Crippen LogP contribution >= 0.6 is 0 Å². The molecule has 0 unspecified atom stereocenters. The van der Waals surface area contributed by atoms with E-state index in [1.165, 1.54) is 12.8 Å². The molecule has 0 atom stereocenters. The number of imidazole rings is 1. The van der Waals surface area contributed by atoms with Crippen LogP contribution in [0.15, 0.2) is 18.2 Å². The summed E-state index contributed by atoms with van der Waals surface area (Å²) in [7, 11) is 0. The minimum atomic E-state index is -0.0833. The number of carbonyl (C=O) groups excluding carboxylic acids is 1. The number of aromatic nitrogens is 2. The lowest BCUT2D eigenvalue weighted by molar-refractivity contribution is 0.0998. The molecule has 4 nitrogen and oxygen atoms in total. The van der Waals surface area contributed by atoms with Gasteiger partial charge in [-0.1, -0.05) is 6.07 Å². The molecule has 1 fully saturated rings. The van der Waals surface area contributed by atoms with Gasteiger partial charge in [0.15, 0.2) is 5.78 Å². The molecule has 0 saturated heterocycles. The van der Waals surface area contributed by atoms with Gasteiger partial charge in [-0.05, 0) is 31.9 Å². The van der Waals surface area contributed by atoms with Crippen LogP contribution in [0.1, 0.15) is 40.8 Å². The van der Waals surface area contributed by atoms with E-state index in [1.54, 1.807) is 0 Å². The lowest BCUT2D eigenvalue weighted by Gasteiger charge is -2.03. The maximum absolute atomic E-state index is 11.8. The molecule has 0 radical (unpaired) electrons. The summed E-state index contributed by atoms with van der Waals surface area (Å²) in [6, 6.07) is 5.93. The summed E-state index contributed by atoms with van der Waals surface area (Å²) in [5.41, 5.74) is 7.97. The molecule has 4 heteroatoms. The average Bonchev–Trinajstić information content (AvgIpc) is 3.10. The highest BCUT2D eigenvalue weighted by Crippen LogP contribution is 2.40. The number of ketones is 1. The van der Waals surface area contributed by atoms with Crippen molar-refractivity contribution in [3.05, 3.63) is 35.4 Å². The first-order valence-corrected chi connectivity index (χ1v) is 5.93. The van der Waals surface area contributed by atoms with Gasteiger partial charge in [0.1, 0.15) is 11.5 Å². The highest BCUT2D eigenvalue weighted by Gasteiger charge is 2.30. The highest BCUT2D eigenvalue weighted by atomic mass is 16.1. The second-order valence-electron chi connectivity index (χ2n) is 4.61. The van der Waals surface area contributed by atoms with E-state index in [9.17, 15) is 4.79 Å². The van der Waals surface area contributed by atoms with Gasteiger partial charge in [0.05, 0.1) is 12.1 Å². The minimum Gasteiger partial charge on any atom is -0.324 e. The highest BCUT2D eigenvalue weighted by molar-refractivity contribution is 6.02. The molecule has 88 valence electrons. The molecule has 3 rings (SSSR count). The van der Waals surface area contributed by atoms with Gasteiger partial charge in [0.25, 0.3) is 0 Å². The van der Waals surface area contributed by atoms with Crippen LogP contribution in [0.3, 0.4) is 0 Å². The number of nitrogens with two attached hydrogens (primary N) is 1. The number of Topliss-reactive ketones (excluding diaryl/α,β-unsaturated/α-hetero) is 1. The average molecular weight is 229 g/mol. The van der Waals surface area contributed by atoms with Gasteiger partial charge in [0.2, 0.25) is 0 Å². The van der Waals surface area contributed by atoms with E-state index in [4.69, 9.17) is 5.73 Å². The predicted molar refractivity (Wildman–Crippen MR) is 65.3 cm³/mol. The van der Waals surface area contributed by atoms with Crippen molar-refractivity contribution in [2.45, 2.75) is 25.7 Å². The second kappa shape index (κ2) is 3.67. The predicted octanol–water partition coefficient (Wildman–Crippen LogP) is 1.66. The molecule has 1 saturated carbocycles. The Hall–Kier alpha value is -1.68. The number of fused-ring (bicyclic) bond motifs is 1. The summed E-state index contributed by atoms with van der Waals surface area (Å²) in [6.07, 6.45) is 2.34. The van der Waals surface area contributed by atoms with E-state index in [-0.39, 0.29) is 12.3 Å². The van der Waals surface area contributed by atoms with Gasteiger partial charge in [0, 0.05) is 11.6 Å². The van der Waals surface area contributed by atoms with E-state index >= 15 is 0 Å². The maximum Gasteiger partial charge on any atom is 0.196 e. The molecule has 2 aromatic heterocycles. The van der Waals surface area contributed by atoms with Crippen molar-refractivity contribution in [1.29, 1.82) is 0 Å². The number of hydrogen-bond acceptors (Lipinski definition) is 3. The first kappa shape index (κ1) is 10.5. The molecular weight excluding hydrogens is 214 g/mol. The van der Waals surface area contributed by atoms with Crippen molar-refractivity contribution >= 4 is 11.3 Å². The number of pyridine rings is 1. The van der Waals surface area contributed by atoms with Gasteiger partial charge < -0.3 is 5.73 Å². The molecule has 2 heterocycles. The van der Waals surface area contributed by atoms with Crippen LogP contribution in [-0.4, -0.2) is 21.7 Å². The zero-order chi connectivity index (χ0) is 12.0. The van der Waals surface area contributed by atoms with E-state index < -0.39 is 0 Å². The number of aryl methyl sites for hydroxylation is 1. The van der Waals surface area contributed by atoms with E-state index in [1.807, 2.05) is 25.1 Å². The van der Waals surface area contributed by atoms with Crippen LogP contribution < -0.4 is 5.73 Å². The molecule has 0 spiro atoms. The molecule has 0 aliphatic heterocycles. The molecular formula is C13H15N3O. The largest absolute Gasteiger partial charge is 0.324 e. The van der Waals surface area contributed by atoms with Gasteiger partial charge in [-0.2, -0.15) is 0 Å². The lowest BCUT2D eigenvalue weighted by atomic mass is 10.2. The molecule has 0 amide bonds. The molecule has 0 aromatic carbocycles. The summed E-state index contributed by atoms with van der Waals surface area (Å²) in [5.74, 6) is 1.46. The van der Waals surface area contributed by atoms with Crippen molar-refractivity contribution in [1.82, 2.24) is 9.38 Å². The molecule has 2 N–H and O–H groups in total. The molecule has 2 aromatic rings. The van der Waals surface area contributed by atoms with Crippen LogP contribution in [0.4, 0.5) is 0 Å². The zero-order valence-corrected chi connectivity index (χ0v) is 9.81. The first-order valence-electron chi connectivity index (χ1n) is 5.93. The Morgan fingerprint density at radius 1 is 1.53 bits per heavy atom. The summed E-state index contributed by atoms with van der Waals surface area (Å²) in [5, 5.41) is 0. The topological polar surface area (TPSA) is 60.4 Å². The number of nitrogens with zero attached hydrogens (tertiary/aromatic N) is 2. The van der Waals surface area contributed by atoms with Gasteiger partial charge in [-0.15, -0.1) is 0 Å². The number of rotatable bonds is 3. The third-order valence-corrected chi connectivity index (χ3v) is 3.28. The zero-order valence-electron chi connectivity index (χ0n) is 9.81. The minimum absolute atomic E-state index is 0.0186. The first-order chi connectivity index (χ1) is 8.22. The third kappa shape index (κ3) is 1.56. The van der Waals surface area contributed by atoms with Crippen molar-refractivity contribution in [3.8, 4) is 0 Å². The number of hydrogen-bond donors (Lipinski definition) is 1. The third-order valence-electron chi connectivity index (χ3n) is 3.28. The Labute approximate surface area is 99.5 Å². The summed E-state index contributed by atoms with van der Waals surface area (Å²) in [6.45, 7) is 2.06. The van der Waals surface area contributed by atoms with Crippen molar-refractivity contribution in [2.75, 3.05) is 6.54 Å². The Kier molecular flexibility index (Phi) is 2.26. The summed E-state index contributed by atoms with van der Waals surface area (Å²) < 4.78 is 2.10. The van der Waals surface area contributed by atoms with Crippen molar-refractivity contribution in [2.24, 2.45) is 5.73 Å². The Balaban J connectivity index is 2.30. The molecule has 0 bridgehead atoms.